The molecule has 4 aromatic rings. The number of hydrogen-bond acceptors (Lipinski definition) is 5. The molecule has 0 unspecified atom stereocenters. The molecule has 0 spiro atoms. The van der Waals surface area contributed by atoms with Crippen LogP contribution in [0.5, 0.6) is 0 Å². The summed E-state index contributed by atoms with van der Waals surface area (Å²) in [5.74, 6) is -0.255. The molecule has 0 aliphatic carbocycles. The topological polar surface area (TPSA) is 86.8 Å². The average molecular weight is 412 g/mol. The smallest absolute Gasteiger partial charge is 0.276 e. The second kappa shape index (κ2) is 8.18. The van der Waals surface area contributed by atoms with Crippen LogP contribution < -0.4 is 10.2 Å². The van der Waals surface area contributed by atoms with Gasteiger partial charge in [0.15, 0.2) is 5.69 Å². The second-order valence-corrected chi connectivity index (χ2v) is 7.95. The third kappa shape index (κ3) is 3.99. The monoisotopic (exact) mass is 412 g/mol. The molecule has 1 aliphatic rings. The lowest BCUT2D eigenvalue weighted by atomic mass is 10.0. The number of carbonyl (C=O) groups excluding carboxylic acids is 1. The van der Waals surface area contributed by atoms with Gasteiger partial charge in [-0.1, -0.05) is 6.07 Å². The number of pyridine rings is 2. The fourth-order valence-corrected chi connectivity index (χ4v) is 4.09. The number of nitrogens with one attached hydrogen (secondary N) is 2. The van der Waals surface area contributed by atoms with Crippen molar-refractivity contribution in [3.8, 4) is 11.1 Å². The Morgan fingerprint density at radius 1 is 1.03 bits per heavy atom. The van der Waals surface area contributed by atoms with E-state index in [-0.39, 0.29) is 5.91 Å². The first-order valence-electron chi connectivity index (χ1n) is 10.6. The molecule has 4 heterocycles. The van der Waals surface area contributed by atoms with Crippen LogP contribution in [0.2, 0.25) is 0 Å². The molecule has 1 saturated heterocycles. The quantitative estimate of drug-likeness (QED) is 0.513. The first-order valence-corrected chi connectivity index (χ1v) is 10.6. The van der Waals surface area contributed by atoms with E-state index >= 15 is 0 Å². The molecule has 0 atom stereocenters. The zero-order valence-electron chi connectivity index (χ0n) is 17.4. The third-order valence-electron chi connectivity index (χ3n) is 5.71. The Morgan fingerprint density at radius 3 is 2.74 bits per heavy atom. The van der Waals surface area contributed by atoms with Gasteiger partial charge in [-0.15, -0.1) is 0 Å². The number of piperidine rings is 1. The highest BCUT2D eigenvalue weighted by atomic mass is 16.1. The van der Waals surface area contributed by atoms with E-state index in [4.69, 9.17) is 0 Å². The number of aryl methyl sites for hydroxylation is 1. The number of benzene rings is 1. The van der Waals surface area contributed by atoms with Gasteiger partial charge in [-0.2, -0.15) is 5.10 Å². The molecular formula is C24H24N6O. The third-order valence-corrected chi connectivity index (χ3v) is 5.71. The Bertz CT molecular complexity index is 1240. The lowest BCUT2D eigenvalue weighted by Gasteiger charge is -2.28. The van der Waals surface area contributed by atoms with Crippen molar-refractivity contribution < 1.29 is 4.79 Å². The first-order chi connectivity index (χ1) is 15.2. The van der Waals surface area contributed by atoms with Gasteiger partial charge < -0.3 is 10.2 Å². The molecule has 7 nitrogen and oxygen atoms in total. The molecule has 2 N–H and O–H groups in total. The van der Waals surface area contributed by atoms with Gasteiger partial charge in [0.1, 0.15) is 0 Å². The minimum absolute atomic E-state index is 0.255. The fourth-order valence-electron chi connectivity index (χ4n) is 4.09. The summed E-state index contributed by atoms with van der Waals surface area (Å²) in [4.78, 5) is 23.9. The molecule has 1 amide bonds. The maximum atomic E-state index is 12.9. The molecule has 0 bridgehead atoms. The van der Waals surface area contributed by atoms with E-state index in [1.807, 2.05) is 43.6 Å². The Balaban J connectivity index is 1.46. The molecule has 156 valence electrons. The van der Waals surface area contributed by atoms with Crippen LogP contribution in [0.4, 0.5) is 11.4 Å². The van der Waals surface area contributed by atoms with Gasteiger partial charge in [-0.3, -0.25) is 19.9 Å². The minimum atomic E-state index is -0.255. The van der Waals surface area contributed by atoms with E-state index in [0.717, 1.165) is 46.5 Å². The summed E-state index contributed by atoms with van der Waals surface area (Å²) < 4.78 is 0. The molecule has 3 aromatic heterocycles. The largest absolute Gasteiger partial charge is 0.370 e. The molecule has 1 aromatic carbocycles. The van der Waals surface area contributed by atoms with Crippen molar-refractivity contribution in [3.05, 3.63) is 66.4 Å². The number of aromatic nitrogens is 4. The van der Waals surface area contributed by atoms with Crippen molar-refractivity contribution in [2.24, 2.45) is 0 Å². The van der Waals surface area contributed by atoms with E-state index in [0.29, 0.717) is 11.4 Å². The number of anilines is 2. The van der Waals surface area contributed by atoms with Gasteiger partial charge in [0.25, 0.3) is 5.91 Å². The second-order valence-electron chi connectivity index (χ2n) is 7.95. The standard InChI is InChI=1S/C24H24N6O/c1-16-11-19(7-8-26-16)27-24(31)23-21-13-17(5-6-22(21)28-29-23)18-12-20(15-25-14-18)30-9-3-2-4-10-30/h5-8,11-15H,2-4,9-10H2,1H3,(H,28,29)(H,26,27,31). The maximum Gasteiger partial charge on any atom is 0.276 e. The number of carbonyl (C=O) groups is 1. The highest BCUT2D eigenvalue weighted by molar-refractivity contribution is 6.11. The predicted octanol–water partition coefficient (Wildman–Crippen LogP) is 4.57. The number of nitrogens with zero attached hydrogens (tertiary/aromatic N) is 4. The van der Waals surface area contributed by atoms with Crippen LogP contribution in [-0.4, -0.2) is 39.2 Å². The van der Waals surface area contributed by atoms with Crippen molar-refractivity contribution in [1.29, 1.82) is 0 Å². The normalized spacial score (nSPS) is 14.0. The van der Waals surface area contributed by atoms with Crippen LogP contribution in [0.25, 0.3) is 22.0 Å². The summed E-state index contributed by atoms with van der Waals surface area (Å²) in [6.45, 7) is 4.04. The van der Waals surface area contributed by atoms with Crippen LogP contribution in [0.15, 0.2) is 55.0 Å². The predicted molar refractivity (Wildman–Crippen MR) is 122 cm³/mol. The lowest BCUT2D eigenvalue weighted by Crippen LogP contribution is -2.29. The molecule has 0 radical (unpaired) electrons. The Hall–Kier alpha value is -3.74. The fraction of sp³-hybridized carbons (Fsp3) is 0.250. The number of aromatic amines is 1. The van der Waals surface area contributed by atoms with Crippen molar-refractivity contribution in [2.45, 2.75) is 26.2 Å². The summed E-state index contributed by atoms with van der Waals surface area (Å²) in [7, 11) is 0. The summed E-state index contributed by atoms with van der Waals surface area (Å²) >= 11 is 0. The highest BCUT2D eigenvalue weighted by Gasteiger charge is 2.16. The van der Waals surface area contributed by atoms with Gasteiger partial charge in [0.05, 0.1) is 17.4 Å². The van der Waals surface area contributed by atoms with Gasteiger partial charge >= 0.3 is 0 Å². The first kappa shape index (κ1) is 19.2. The van der Waals surface area contributed by atoms with Crippen molar-refractivity contribution in [2.75, 3.05) is 23.3 Å². The molecule has 31 heavy (non-hydrogen) atoms. The van der Waals surface area contributed by atoms with E-state index in [9.17, 15) is 4.79 Å². The van der Waals surface area contributed by atoms with E-state index < -0.39 is 0 Å². The lowest BCUT2D eigenvalue weighted by molar-refractivity contribution is 0.102. The van der Waals surface area contributed by atoms with Crippen LogP contribution in [0.3, 0.4) is 0 Å². The number of rotatable bonds is 4. The van der Waals surface area contributed by atoms with Gasteiger partial charge in [-0.05, 0) is 62.1 Å². The van der Waals surface area contributed by atoms with Crippen molar-refractivity contribution in [1.82, 2.24) is 20.2 Å². The summed E-state index contributed by atoms with van der Waals surface area (Å²) in [6, 6.07) is 11.8. The van der Waals surface area contributed by atoms with Gasteiger partial charge in [-0.25, -0.2) is 0 Å². The summed E-state index contributed by atoms with van der Waals surface area (Å²) in [5.41, 5.74) is 5.91. The van der Waals surface area contributed by atoms with E-state index in [2.05, 4.69) is 36.4 Å². The SMILES string of the molecule is Cc1cc(NC(=O)c2n[nH]c3ccc(-c4cncc(N5CCCCC5)c4)cc23)ccn1. The van der Waals surface area contributed by atoms with Crippen LogP contribution in [-0.2, 0) is 0 Å². The zero-order chi connectivity index (χ0) is 21.2. The average Bonchev–Trinajstić information content (AvgIpc) is 3.23. The number of hydrogen-bond donors (Lipinski definition) is 2. The van der Waals surface area contributed by atoms with Crippen molar-refractivity contribution >= 4 is 28.2 Å². The molecular weight excluding hydrogens is 388 g/mol. The number of amides is 1. The van der Waals surface area contributed by atoms with Crippen LogP contribution in [0.1, 0.15) is 35.4 Å². The van der Waals surface area contributed by atoms with Gasteiger partial charge in [0, 0.05) is 47.8 Å². The molecule has 1 fully saturated rings. The van der Waals surface area contributed by atoms with E-state index in [1.54, 1.807) is 12.3 Å². The molecule has 7 heteroatoms. The Morgan fingerprint density at radius 2 is 1.90 bits per heavy atom. The Kier molecular flexibility index (Phi) is 5.08. The zero-order valence-corrected chi connectivity index (χ0v) is 17.4. The number of H-pyrrole nitrogens is 1. The summed E-state index contributed by atoms with van der Waals surface area (Å²) in [5, 5.41) is 10.9. The molecule has 1 aliphatic heterocycles. The highest BCUT2D eigenvalue weighted by Crippen LogP contribution is 2.29. The summed E-state index contributed by atoms with van der Waals surface area (Å²) in [6.07, 6.45) is 9.22. The molecule has 0 saturated carbocycles. The van der Waals surface area contributed by atoms with Crippen LogP contribution >= 0.6 is 0 Å². The van der Waals surface area contributed by atoms with Crippen molar-refractivity contribution in [3.63, 3.8) is 0 Å². The van der Waals surface area contributed by atoms with Crippen LogP contribution in [0, 0.1) is 6.92 Å². The van der Waals surface area contributed by atoms with Gasteiger partial charge in [0.2, 0.25) is 0 Å². The number of fused-ring (bicyclic) bond motifs is 1. The van der Waals surface area contributed by atoms with E-state index in [1.165, 1.54) is 19.3 Å². The maximum absolute atomic E-state index is 12.9. The molecule has 5 rings (SSSR count). The minimum Gasteiger partial charge on any atom is -0.370 e. The Labute approximate surface area is 180 Å².